The first-order chi connectivity index (χ1) is 9.62. The van der Waals surface area contributed by atoms with Crippen LogP contribution in [0.2, 0.25) is 0 Å². The zero-order valence-corrected chi connectivity index (χ0v) is 13.3. The molecule has 1 aromatic heterocycles. The van der Waals surface area contributed by atoms with Crippen molar-refractivity contribution in [1.29, 1.82) is 0 Å². The second-order valence-corrected chi connectivity index (χ2v) is 6.04. The van der Waals surface area contributed by atoms with E-state index < -0.39 is 5.54 Å². The Hall–Kier alpha value is -1.11. The first kappa shape index (κ1) is 16.3. The van der Waals surface area contributed by atoms with Gasteiger partial charge in [0.2, 0.25) is 0 Å². The van der Waals surface area contributed by atoms with Gasteiger partial charge in [-0.2, -0.15) is 16.7 Å². The van der Waals surface area contributed by atoms with Gasteiger partial charge in [0.1, 0.15) is 5.82 Å². The number of nitrogens with zero attached hydrogens (tertiary/aromatic N) is 2. The molecule has 3 rings (SSSR count). The van der Waals surface area contributed by atoms with Gasteiger partial charge in [-0.25, -0.2) is 4.39 Å². The van der Waals surface area contributed by atoms with E-state index in [-0.39, 0.29) is 18.2 Å². The average molecular weight is 330 g/mol. The Labute approximate surface area is 133 Å². The minimum atomic E-state index is -0.441. The average Bonchev–Trinajstić information content (AvgIpc) is 2.89. The van der Waals surface area contributed by atoms with E-state index in [1.807, 2.05) is 6.26 Å². The molecule has 0 amide bonds. The van der Waals surface area contributed by atoms with Crippen molar-refractivity contribution in [2.45, 2.75) is 30.6 Å². The molecule has 21 heavy (non-hydrogen) atoms. The number of benzene rings is 1. The summed E-state index contributed by atoms with van der Waals surface area (Å²) in [5.41, 5.74) is 7.10. The zero-order chi connectivity index (χ0) is 14.2. The first-order valence-electron chi connectivity index (χ1n) is 6.53. The summed E-state index contributed by atoms with van der Waals surface area (Å²) >= 11 is 1.57. The van der Waals surface area contributed by atoms with Crippen molar-refractivity contribution in [2.24, 2.45) is 5.73 Å². The molecular weight excluding hydrogens is 313 g/mol. The van der Waals surface area contributed by atoms with Crippen molar-refractivity contribution in [3.8, 4) is 11.5 Å². The number of thioether (sulfide) groups is 1. The Bertz CT molecular complexity index is 630. The van der Waals surface area contributed by atoms with Crippen LogP contribution in [-0.2, 0) is 11.3 Å². The lowest BCUT2D eigenvalue weighted by atomic mass is 9.77. The summed E-state index contributed by atoms with van der Waals surface area (Å²) in [5, 5.41) is 3.97. The van der Waals surface area contributed by atoms with Crippen molar-refractivity contribution in [3.05, 3.63) is 35.4 Å². The minimum Gasteiger partial charge on any atom is -0.334 e. The summed E-state index contributed by atoms with van der Waals surface area (Å²) < 4.78 is 18.9. The highest BCUT2D eigenvalue weighted by Crippen LogP contribution is 2.37. The Kier molecular flexibility index (Phi) is 4.91. The van der Waals surface area contributed by atoms with Gasteiger partial charge in [0.15, 0.2) is 5.82 Å². The third-order valence-electron chi connectivity index (χ3n) is 3.71. The van der Waals surface area contributed by atoms with Crippen LogP contribution in [0.15, 0.2) is 22.7 Å². The van der Waals surface area contributed by atoms with Crippen LogP contribution >= 0.6 is 24.2 Å². The number of aromatic nitrogens is 2. The minimum absolute atomic E-state index is 0. The Morgan fingerprint density at radius 2 is 2.19 bits per heavy atom. The maximum atomic E-state index is 13.6. The molecule has 1 aliphatic rings. The van der Waals surface area contributed by atoms with Gasteiger partial charge in [0.25, 0.3) is 5.89 Å². The van der Waals surface area contributed by atoms with Gasteiger partial charge in [-0.05, 0) is 49.3 Å². The summed E-state index contributed by atoms with van der Waals surface area (Å²) in [7, 11) is 0. The van der Waals surface area contributed by atoms with Gasteiger partial charge in [0.05, 0.1) is 5.54 Å². The topological polar surface area (TPSA) is 64.9 Å². The number of hydrogen-bond acceptors (Lipinski definition) is 5. The van der Waals surface area contributed by atoms with Crippen molar-refractivity contribution >= 4 is 24.2 Å². The van der Waals surface area contributed by atoms with Gasteiger partial charge >= 0.3 is 0 Å². The molecule has 0 radical (unpaired) electrons. The van der Waals surface area contributed by atoms with Crippen LogP contribution in [0.5, 0.6) is 0 Å². The maximum absolute atomic E-state index is 13.6. The molecule has 0 spiro atoms. The highest BCUT2D eigenvalue weighted by Gasteiger charge is 2.39. The SMILES string of the molecule is CSCc1cc(-c2nc(C3(N)CCC3)no2)ccc1F.Cl. The Morgan fingerprint density at radius 1 is 1.43 bits per heavy atom. The monoisotopic (exact) mass is 329 g/mol. The first-order valence-corrected chi connectivity index (χ1v) is 7.92. The molecule has 1 saturated carbocycles. The van der Waals surface area contributed by atoms with Crippen LogP contribution in [0.4, 0.5) is 4.39 Å². The fourth-order valence-electron chi connectivity index (χ4n) is 2.30. The summed E-state index contributed by atoms with van der Waals surface area (Å²) in [6, 6.07) is 4.85. The molecule has 1 aliphatic carbocycles. The van der Waals surface area contributed by atoms with E-state index in [1.54, 1.807) is 23.9 Å². The highest BCUT2D eigenvalue weighted by molar-refractivity contribution is 7.97. The summed E-state index contributed by atoms with van der Waals surface area (Å²) in [5.74, 6) is 1.35. The van der Waals surface area contributed by atoms with Gasteiger partial charge < -0.3 is 10.3 Å². The molecule has 7 heteroatoms. The van der Waals surface area contributed by atoms with Crippen molar-refractivity contribution < 1.29 is 8.91 Å². The summed E-state index contributed by atoms with van der Waals surface area (Å²) in [4.78, 5) is 4.37. The predicted molar refractivity (Wildman–Crippen MR) is 83.9 cm³/mol. The zero-order valence-electron chi connectivity index (χ0n) is 11.6. The number of halogens is 2. The largest absolute Gasteiger partial charge is 0.334 e. The standard InChI is InChI=1S/C14H16FN3OS.ClH/c1-20-8-10-7-9(3-4-11(10)15)12-17-13(18-19-12)14(16)5-2-6-14;/h3-4,7H,2,5-6,8,16H2,1H3;1H. The molecule has 1 aromatic carbocycles. The van der Waals surface area contributed by atoms with Gasteiger partial charge in [-0.1, -0.05) is 5.16 Å². The van der Waals surface area contributed by atoms with Crippen LogP contribution in [0, 0.1) is 5.82 Å². The van der Waals surface area contributed by atoms with E-state index in [1.165, 1.54) is 6.07 Å². The molecule has 2 aromatic rings. The second-order valence-electron chi connectivity index (χ2n) is 5.17. The molecule has 0 unspecified atom stereocenters. The smallest absolute Gasteiger partial charge is 0.258 e. The van der Waals surface area contributed by atoms with Crippen LogP contribution in [0.3, 0.4) is 0 Å². The molecule has 114 valence electrons. The van der Waals surface area contributed by atoms with Gasteiger partial charge in [-0.3, -0.25) is 0 Å². The highest BCUT2D eigenvalue weighted by atomic mass is 35.5. The number of nitrogens with two attached hydrogens (primary N) is 1. The van der Waals surface area contributed by atoms with Gasteiger partial charge in [-0.15, -0.1) is 12.4 Å². The third-order valence-corrected chi connectivity index (χ3v) is 4.31. The summed E-state index contributed by atoms with van der Waals surface area (Å²) in [6.45, 7) is 0. The maximum Gasteiger partial charge on any atom is 0.258 e. The van der Waals surface area contributed by atoms with Crippen LogP contribution in [0.25, 0.3) is 11.5 Å². The second kappa shape index (κ2) is 6.34. The molecular formula is C14H17ClFN3OS. The van der Waals surface area contributed by atoms with E-state index >= 15 is 0 Å². The van der Waals surface area contributed by atoms with E-state index in [2.05, 4.69) is 10.1 Å². The normalized spacial score (nSPS) is 16.1. The molecule has 0 saturated heterocycles. The molecule has 0 aliphatic heterocycles. The lowest BCUT2D eigenvalue weighted by molar-refractivity contribution is 0.229. The molecule has 0 atom stereocenters. The molecule has 4 nitrogen and oxygen atoms in total. The van der Waals surface area contributed by atoms with Crippen molar-refractivity contribution in [1.82, 2.24) is 10.1 Å². The van der Waals surface area contributed by atoms with E-state index in [0.717, 1.165) is 24.8 Å². The fourth-order valence-corrected chi connectivity index (χ4v) is 2.83. The van der Waals surface area contributed by atoms with E-state index in [0.29, 0.717) is 23.0 Å². The fraction of sp³-hybridized carbons (Fsp3) is 0.429. The summed E-state index contributed by atoms with van der Waals surface area (Å²) in [6.07, 6.45) is 4.79. The number of rotatable bonds is 4. The molecule has 1 heterocycles. The van der Waals surface area contributed by atoms with Crippen molar-refractivity contribution in [3.63, 3.8) is 0 Å². The predicted octanol–water partition coefficient (Wildman–Crippen LogP) is 3.50. The van der Waals surface area contributed by atoms with Crippen LogP contribution in [0.1, 0.15) is 30.7 Å². The van der Waals surface area contributed by atoms with Crippen molar-refractivity contribution in [2.75, 3.05) is 6.26 Å². The van der Waals surface area contributed by atoms with Crippen LogP contribution < -0.4 is 5.73 Å². The van der Waals surface area contributed by atoms with Gasteiger partial charge in [0, 0.05) is 11.3 Å². The Balaban J connectivity index is 0.00000161. The quantitative estimate of drug-likeness (QED) is 0.930. The van der Waals surface area contributed by atoms with E-state index in [4.69, 9.17) is 10.3 Å². The molecule has 1 fully saturated rings. The lowest BCUT2D eigenvalue weighted by Crippen LogP contribution is -2.44. The lowest BCUT2D eigenvalue weighted by Gasteiger charge is -2.34. The third kappa shape index (κ3) is 3.07. The molecule has 0 bridgehead atoms. The van der Waals surface area contributed by atoms with E-state index in [9.17, 15) is 4.39 Å². The molecule has 2 N–H and O–H groups in total. The van der Waals surface area contributed by atoms with Crippen LogP contribution in [-0.4, -0.2) is 16.4 Å². The Morgan fingerprint density at radius 3 is 2.81 bits per heavy atom. The number of hydrogen-bond donors (Lipinski definition) is 1.